The van der Waals surface area contributed by atoms with Crippen LogP contribution in [0.3, 0.4) is 0 Å². The average Bonchev–Trinajstić information content (AvgIpc) is 2.28. The fourth-order valence-electron chi connectivity index (χ4n) is 1.16. The van der Waals surface area contributed by atoms with Crippen LogP contribution in [-0.4, -0.2) is 12.4 Å². The molecule has 0 bridgehead atoms. The van der Waals surface area contributed by atoms with Crippen LogP contribution >= 0.6 is 11.8 Å². The molecular formula is C13H17NOS. The smallest absolute Gasteiger partial charge is 0.120 e. The van der Waals surface area contributed by atoms with Gasteiger partial charge in [0.1, 0.15) is 11.8 Å². The number of nitrogens with zero attached hydrogens (tertiary/aromatic N) is 1. The second-order valence-electron chi connectivity index (χ2n) is 4.04. The van der Waals surface area contributed by atoms with Gasteiger partial charge in [-0.1, -0.05) is 20.8 Å². The Morgan fingerprint density at radius 3 is 2.50 bits per heavy atom. The van der Waals surface area contributed by atoms with Crippen LogP contribution in [-0.2, 0) is 0 Å². The first-order valence-electron chi connectivity index (χ1n) is 5.33. The molecule has 0 radical (unpaired) electrons. The summed E-state index contributed by atoms with van der Waals surface area (Å²) in [5, 5.41) is 9.51. The van der Waals surface area contributed by atoms with Crippen molar-refractivity contribution < 1.29 is 4.74 Å². The summed E-state index contributed by atoms with van der Waals surface area (Å²) in [7, 11) is 1.64. The van der Waals surface area contributed by atoms with Crippen LogP contribution in [0.25, 0.3) is 0 Å². The van der Waals surface area contributed by atoms with Crippen LogP contribution in [0, 0.1) is 17.2 Å². The summed E-state index contributed by atoms with van der Waals surface area (Å²) in [6.07, 6.45) is 0. The van der Waals surface area contributed by atoms with Gasteiger partial charge in [0.15, 0.2) is 0 Å². The normalized spacial score (nSPS) is 12.2. The summed E-state index contributed by atoms with van der Waals surface area (Å²) in [5.41, 5.74) is 0.721. The number of ether oxygens (including phenoxy) is 1. The van der Waals surface area contributed by atoms with E-state index in [0.29, 0.717) is 11.2 Å². The lowest BCUT2D eigenvalue weighted by atomic mass is 10.2. The highest BCUT2D eigenvalue weighted by Crippen LogP contribution is 2.32. The van der Waals surface area contributed by atoms with Crippen molar-refractivity contribution in [3.8, 4) is 11.8 Å². The van der Waals surface area contributed by atoms with Gasteiger partial charge in [0, 0.05) is 10.1 Å². The van der Waals surface area contributed by atoms with Crippen molar-refractivity contribution in [2.24, 2.45) is 5.92 Å². The molecular weight excluding hydrogens is 218 g/mol. The van der Waals surface area contributed by atoms with E-state index in [-0.39, 0.29) is 0 Å². The van der Waals surface area contributed by atoms with Gasteiger partial charge < -0.3 is 4.74 Å². The number of rotatable bonds is 4. The Balaban J connectivity index is 2.96. The second-order valence-corrected chi connectivity index (χ2v) is 5.46. The fraction of sp³-hybridized carbons (Fsp3) is 0.462. The Morgan fingerprint density at radius 1 is 1.31 bits per heavy atom. The van der Waals surface area contributed by atoms with Gasteiger partial charge in [-0.15, -0.1) is 11.8 Å². The number of hydrogen-bond acceptors (Lipinski definition) is 3. The zero-order valence-electron chi connectivity index (χ0n) is 10.2. The van der Waals surface area contributed by atoms with Gasteiger partial charge >= 0.3 is 0 Å². The van der Waals surface area contributed by atoms with Gasteiger partial charge in [-0.2, -0.15) is 5.26 Å². The molecule has 0 N–H and O–H groups in total. The molecule has 0 saturated carbocycles. The molecule has 0 aliphatic rings. The van der Waals surface area contributed by atoms with Crippen molar-refractivity contribution in [2.45, 2.75) is 30.9 Å². The lowest BCUT2D eigenvalue weighted by Crippen LogP contribution is -2.05. The first kappa shape index (κ1) is 12.9. The molecule has 0 fully saturated rings. The van der Waals surface area contributed by atoms with Crippen LogP contribution in [0.15, 0.2) is 23.1 Å². The molecule has 2 nitrogen and oxygen atoms in total. The molecule has 3 heteroatoms. The summed E-state index contributed by atoms with van der Waals surface area (Å²) in [6.45, 7) is 6.55. The van der Waals surface area contributed by atoms with Crippen LogP contribution in [0.2, 0.25) is 0 Å². The first-order valence-corrected chi connectivity index (χ1v) is 6.21. The lowest BCUT2D eigenvalue weighted by molar-refractivity contribution is 0.413. The van der Waals surface area contributed by atoms with E-state index < -0.39 is 0 Å². The zero-order valence-corrected chi connectivity index (χ0v) is 11.0. The predicted octanol–water partition coefficient (Wildman–Crippen LogP) is 3.70. The first-order chi connectivity index (χ1) is 7.58. The standard InChI is InChI=1S/C13H17NOS/c1-9(2)10(3)16-13-7-12(15-4)6-5-11(13)8-14/h5-7,9-10H,1-4H3. The van der Waals surface area contributed by atoms with Gasteiger partial charge in [0.25, 0.3) is 0 Å². The molecule has 0 saturated heterocycles. The Labute approximate surface area is 102 Å². The van der Waals surface area contributed by atoms with E-state index in [1.54, 1.807) is 18.9 Å². The zero-order chi connectivity index (χ0) is 12.1. The SMILES string of the molecule is COc1ccc(C#N)c(SC(C)C(C)C)c1. The maximum absolute atomic E-state index is 9.03. The lowest BCUT2D eigenvalue weighted by Gasteiger charge is -2.16. The van der Waals surface area contributed by atoms with E-state index in [1.807, 2.05) is 18.2 Å². The molecule has 0 spiro atoms. The van der Waals surface area contributed by atoms with E-state index >= 15 is 0 Å². The molecule has 1 atom stereocenters. The van der Waals surface area contributed by atoms with Gasteiger partial charge in [-0.05, 0) is 24.1 Å². The summed E-state index contributed by atoms with van der Waals surface area (Å²) in [4.78, 5) is 1.00. The number of hydrogen-bond donors (Lipinski definition) is 0. The molecule has 0 aliphatic heterocycles. The van der Waals surface area contributed by atoms with Crippen molar-refractivity contribution in [1.29, 1.82) is 5.26 Å². The second kappa shape index (κ2) is 5.81. The summed E-state index contributed by atoms with van der Waals surface area (Å²) >= 11 is 1.73. The molecule has 1 unspecified atom stereocenters. The maximum Gasteiger partial charge on any atom is 0.120 e. The van der Waals surface area contributed by atoms with Crippen molar-refractivity contribution in [1.82, 2.24) is 0 Å². The molecule has 1 aromatic carbocycles. The average molecular weight is 235 g/mol. The number of nitriles is 1. The van der Waals surface area contributed by atoms with E-state index in [2.05, 4.69) is 26.8 Å². The van der Waals surface area contributed by atoms with E-state index in [9.17, 15) is 0 Å². The Hall–Kier alpha value is -1.14. The van der Waals surface area contributed by atoms with Crippen molar-refractivity contribution in [3.63, 3.8) is 0 Å². The third-order valence-electron chi connectivity index (χ3n) is 2.56. The summed E-state index contributed by atoms with van der Waals surface area (Å²) in [5.74, 6) is 1.39. The maximum atomic E-state index is 9.03. The van der Waals surface area contributed by atoms with Crippen molar-refractivity contribution in [2.75, 3.05) is 7.11 Å². The highest BCUT2D eigenvalue weighted by atomic mass is 32.2. The molecule has 0 heterocycles. The molecule has 1 aromatic rings. The predicted molar refractivity (Wildman–Crippen MR) is 67.9 cm³/mol. The Kier molecular flexibility index (Phi) is 4.70. The van der Waals surface area contributed by atoms with Gasteiger partial charge in [0.05, 0.1) is 12.7 Å². The quantitative estimate of drug-likeness (QED) is 0.746. The summed E-state index contributed by atoms with van der Waals surface area (Å²) < 4.78 is 5.17. The topological polar surface area (TPSA) is 33.0 Å². The van der Waals surface area contributed by atoms with E-state index in [4.69, 9.17) is 10.00 Å². The van der Waals surface area contributed by atoms with Gasteiger partial charge in [-0.3, -0.25) is 0 Å². The monoisotopic (exact) mass is 235 g/mol. The Bertz CT molecular complexity index is 395. The van der Waals surface area contributed by atoms with Crippen LogP contribution < -0.4 is 4.74 Å². The Morgan fingerprint density at radius 2 is 2.00 bits per heavy atom. The van der Waals surface area contributed by atoms with Crippen LogP contribution in [0.1, 0.15) is 26.3 Å². The number of methoxy groups -OCH3 is 1. The number of benzene rings is 1. The van der Waals surface area contributed by atoms with Crippen LogP contribution in [0.5, 0.6) is 5.75 Å². The minimum atomic E-state index is 0.485. The molecule has 86 valence electrons. The molecule has 16 heavy (non-hydrogen) atoms. The highest BCUT2D eigenvalue weighted by Gasteiger charge is 2.12. The van der Waals surface area contributed by atoms with Crippen molar-refractivity contribution in [3.05, 3.63) is 23.8 Å². The van der Waals surface area contributed by atoms with Gasteiger partial charge in [-0.25, -0.2) is 0 Å². The molecule has 0 amide bonds. The summed E-state index contributed by atoms with van der Waals surface area (Å²) in [6, 6.07) is 7.78. The fourth-order valence-corrected chi connectivity index (χ4v) is 2.25. The van der Waals surface area contributed by atoms with E-state index in [1.165, 1.54) is 0 Å². The third kappa shape index (κ3) is 3.18. The van der Waals surface area contributed by atoms with Crippen LogP contribution in [0.4, 0.5) is 0 Å². The molecule has 0 aliphatic carbocycles. The third-order valence-corrected chi connectivity index (χ3v) is 4.07. The highest BCUT2D eigenvalue weighted by molar-refractivity contribution is 8.00. The molecule has 1 rings (SSSR count). The van der Waals surface area contributed by atoms with Gasteiger partial charge in [0.2, 0.25) is 0 Å². The minimum absolute atomic E-state index is 0.485. The largest absolute Gasteiger partial charge is 0.497 e. The van der Waals surface area contributed by atoms with E-state index in [0.717, 1.165) is 16.2 Å². The van der Waals surface area contributed by atoms with Crippen molar-refractivity contribution >= 4 is 11.8 Å². The number of thioether (sulfide) groups is 1. The molecule has 0 aromatic heterocycles. The minimum Gasteiger partial charge on any atom is -0.497 e.